The van der Waals surface area contributed by atoms with Crippen molar-refractivity contribution in [1.82, 2.24) is 5.32 Å². The van der Waals surface area contributed by atoms with Crippen molar-refractivity contribution in [3.8, 4) is 0 Å². The minimum Gasteiger partial charge on any atom is -0.381 e. The first-order valence-electron chi connectivity index (χ1n) is 8.49. The first-order valence-corrected chi connectivity index (χ1v) is 8.49. The summed E-state index contributed by atoms with van der Waals surface area (Å²) in [6, 6.07) is 8.74. The van der Waals surface area contributed by atoms with Crippen LogP contribution in [0.15, 0.2) is 24.3 Å². The van der Waals surface area contributed by atoms with E-state index in [0.29, 0.717) is 5.92 Å². The molecule has 0 saturated heterocycles. The molecule has 1 atom stereocenters. The zero-order valence-electron chi connectivity index (χ0n) is 14.3. The Morgan fingerprint density at radius 2 is 1.81 bits per heavy atom. The summed E-state index contributed by atoms with van der Waals surface area (Å²) in [5.41, 5.74) is 2.86. The van der Waals surface area contributed by atoms with Gasteiger partial charge in [-0.05, 0) is 55.7 Å². The van der Waals surface area contributed by atoms with Crippen molar-refractivity contribution in [1.29, 1.82) is 0 Å². The molecule has 0 bridgehead atoms. The second-order valence-corrected chi connectivity index (χ2v) is 6.34. The topological polar surface area (TPSA) is 21.3 Å². The highest BCUT2D eigenvalue weighted by Gasteiger charge is 2.13. The Bertz CT molecular complexity index is 376. The van der Waals surface area contributed by atoms with Crippen LogP contribution in [0.2, 0.25) is 0 Å². The zero-order chi connectivity index (χ0) is 15.5. The van der Waals surface area contributed by atoms with Crippen LogP contribution in [0.1, 0.15) is 57.1 Å². The minimum absolute atomic E-state index is 0.553. The van der Waals surface area contributed by atoms with Gasteiger partial charge in [-0.1, -0.05) is 45.0 Å². The van der Waals surface area contributed by atoms with Crippen LogP contribution in [0.4, 0.5) is 0 Å². The van der Waals surface area contributed by atoms with Gasteiger partial charge in [0.05, 0.1) is 0 Å². The maximum atomic E-state index is 5.81. The lowest BCUT2D eigenvalue weighted by Crippen LogP contribution is -2.24. The van der Waals surface area contributed by atoms with Gasteiger partial charge in [-0.3, -0.25) is 0 Å². The van der Waals surface area contributed by atoms with E-state index in [2.05, 4.69) is 57.3 Å². The Kier molecular flexibility index (Phi) is 9.36. The number of ether oxygens (including phenoxy) is 1. The SMILES string of the molecule is CCCNCC(CCOCCC(C)C)c1ccccc1C. The lowest BCUT2D eigenvalue weighted by Gasteiger charge is -2.20. The van der Waals surface area contributed by atoms with E-state index < -0.39 is 0 Å². The molecule has 0 radical (unpaired) electrons. The molecule has 120 valence electrons. The fourth-order valence-corrected chi connectivity index (χ4v) is 2.51. The maximum absolute atomic E-state index is 5.81. The molecule has 0 aliphatic carbocycles. The summed E-state index contributed by atoms with van der Waals surface area (Å²) in [5, 5.41) is 3.56. The maximum Gasteiger partial charge on any atom is 0.0472 e. The van der Waals surface area contributed by atoms with Gasteiger partial charge in [-0.15, -0.1) is 0 Å². The summed E-state index contributed by atoms with van der Waals surface area (Å²) in [4.78, 5) is 0. The molecule has 0 heterocycles. The molecule has 0 spiro atoms. The van der Waals surface area contributed by atoms with E-state index >= 15 is 0 Å². The molecule has 1 aromatic rings. The van der Waals surface area contributed by atoms with Crippen LogP contribution in [-0.4, -0.2) is 26.3 Å². The molecule has 21 heavy (non-hydrogen) atoms. The number of benzene rings is 1. The third-order valence-electron chi connectivity index (χ3n) is 3.90. The third-order valence-corrected chi connectivity index (χ3v) is 3.90. The molecule has 0 amide bonds. The summed E-state index contributed by atoms with van der Waals surface area (Å²) >= 11 is 0. The van der Waals surface area contributed by atoms with Gasteiger partial charge in [0, 0.05) is 19.8 Å². The van der Waals surface area contributed by atoms with E-state index in [-0.39, 0.29) is 0 Å². The van der Waals surface area contributed by atoms with Gasteiger partial charge in [-0.2, -0.15) is 0 Å². The van der Waals surface area contributed by atoms with Gasteiger partial charge in [-0.25, -0.2) is 0 Å². The molecule has 1 unspecified atom stereocenters. The second kappa shape index (κ2) is 10.8. The van der Waals surface area contributed by atoms with Crippen molar-refractivity contribution in [3.05, 3.63) is 35.4 Å². The third kappa shape index (κ3) is 7.63. The minimum atomic E-state index is 0.553. The van der Waals surface area contributed by atoms with E-state index in [1.54, 1.807) is 0 Å². The molecular weight excluding hydrogens is 258 g/mol. The summed E-state index contributed by atoms with van der Waals surface area (Å²) < 4.78 is 5.81. The normalized spacial score (nSPS) is 12.8. The molecule has 0 fully saturated rings. The number of aryl methyl sites for hydroxylation is 1. The van der Waals surface area contributed by atoms with Crippen molar-refractivity contribution >= 4 is 0 Å². The van der Waals surface area contributed by atoms with Gasteiger partial charge in [0.1, 0.15) is 0 Å². The molecule has 2 heteroatoms. The first-order chi connectivity index (χ1) is 10.1. The monoisotopic (exact) mass is 291 g/mol. The van der Waals surface area contributed by atoms with Crippen LogP contribution in [0.25, 0.3) is 0 Å². The molecule has 0 aromatic heterocycles. The van der Waals surface area contributed by atoms with Crippen LogP contribution in [0, 0.1) is 12.8 Å². The predicted octanol–water partition coefficient (Wildman–Crippen LogP) is 4.53. The standard InChI is InChI=1S/C19H33NO/c1-5-12-20-15-18(11-14-21-13-10-16(2)3)19-9-7-6-8-17(19)4/h6-9,16,18,20H,5,10-15H2,1-4H3. The second-order valence-electron chi connectivity index (χ2n) is 6.34. The molecule has 2 nitrogen and oxygen atoms in total. The zero-order valence-corrected chi connectivity index (χ0v) is 14.3. The largest absolute Gasteiger partial charge is 0.381 e. The molecule has 0 saturated carbocycles. The van der Waals surface area contributed by atoms with Crippen molar-refractivity contribution in [3.63, 3.8) is 0 Å². The number of rotatable bonds is 11. The van der Waals surface area contributed by atoms with Gasteiger partial charge < -0.3 is 10.1 Å². The highest BCUT2D eigenvalue weighted by atomic mass is 16.5. The molecule has 1 aromatic carbocycles. The Morgan fingerprint density at radius 1 is 1.10 bits per heavy atom. The summed E-state index contributed by atoms with van der Waals surface area (Å²) in [7, 11) is 0. The van der Waals surface area contributed by atoms with Gasteiger partial charge in [0.25, 0.3) is 0 Å². The van der Waals surface area contributed by atoms with Crippen LogP contribution >= 0.6 is 0 Å². The summed E-state index contributed by atoms with van der Waals surface area (Å²) in [6.07, 6.45) is 3.44. The number of hydrogen-bond acceptors (Lipinski definition) is 2. The average Bonchev–Trinajstić information content (AvgIpc) is 2.46. The summed E-state index contributed by atoms with van der Waals surface area (Å²) in [6.45, 7) is 12.8. The van der Waals surface area contributed by atoms with Gasteiger partial charge >= 0.3 is 0 Å². The fraction of sp³-hybridized carbons (Fsp3) is 0.684. The molecular formula is C19H33NO. The van der Waals surface area contributed by atoms with E-state index in [4.69, 9.17) is 4.74 Å². The van der Waals surface area contributed by atoms with E-state index in [0.717, 1.165) is 45.1 Å². The van der Waals surface area contributed by atoms with Crippen LogP contribution in [-0.2, 0) is 4.74 Å². The Balaban J connectivity index is 2.47. The van der Waals surface area contributed by atoms with Crippen molar-refractivity contribution in [2.75, 3.05) is 26.3 Å². The van der Waals surface area contributed by atoms with Crippen LogP contribution in [0.5, 0.6) is 0 Å². The quantitative estimate of drug-likeness (QED) is 0.605. The molecule has 0 aliphatic rings. The highest BCUT2D eigenvalue weighted by molar-refractivity contribution is 5.29. The summed E-state index contributed by atoms with van der Waals surface area (Å²) in [5.74, 6) is 1.28. The predicted molar refractivity (Wildman–Crippen MR) is 92.0 cm³/mol. The number of hydrogen-bond donors (Lipinski definition) is 1. The Labute approximate surface area is 131 Å². The van der Waals surface area contributed by atoms with E-state index in [9.17, 15) is 0 Å². The van der Waals surface area contributed by atoms with E-state index in [1.165, 1.54) is 17.5 Å². The lowest BCUT2D eigenvalue weighted by molar-refractivity contribution is 0.116. The lowest BCUT2D eigenvalue weighted by atomic mass is 9.92. The van der Waals surface area contributed by atoms with Gasteiger partial charge in [0.15, 0.2) is 0 Å². The smallest absolute Gasteiger partial charge is 0.0472 e. The van der Waals surface area contributed by atoms with Crippen molar-refractivity contribution in [2.24, 2.45) is 5.92 Å². The molecule has 1 rings (SSSR count). The number of nitrogens with one attached hydrogen (secondary N) is 1. The van der Waals surface area contributed by atoms with Gasteiger partial charge in [0.2, 0.25) is 0 Å². The molecule has 1 N–H and O–H groups in total. The Morgan fingerprint density at radius 3 is 2.48 bits per heavy atom. The van der Waals surface area contributed by atoms with Crippen LogP contribution in [0.3, 0.4) is 0 Å². The first kappa shape index (κ1) is 18.2. The average molecular weight is 291 g/mol. The fourth-order valence-electron chi connectivity index (χ4n) is 2.51. The molecule has 0 aliphatic heterocycles. The van der Waals surface area contributed by atoms with Crippen molar-refractivity contribution < 1.29 is 4.74 Å². The van der Waals surface area contributed by atoms with Crippen molar-refractivity contribution in [2.45, 2.75) is 52.9 Å². The van der Waals surface area contributed by atoms with E-state index in [1.807, 2.05) is 0 Å². The highest BCUT2D eigenvalue weighted by Crippen LogP contribution is 2.22. The van der Waals surface area contributed by atoms with Crippen LogP contribution < -0.4 is 5.32 Å². The Hall–Kier alpha value is -0.860.